The Hall–Kier alpha value is -1.90. The highest BCUT2D eigenvalue weighted by Gasteiger charge is 2.46. The van der Waals surface area contributed by atoms with E-state index in [1.807, 2.05) is 24.3 Å². The molecule has 0 N–H and O–H groups in total. The van der Waals surface area contributed by atoms with E-state index in [0.29, 0.717) is 35.8 Å². The largest absolute Gasteiger partial charge is 0.497 e. The minimum absolute atomic E-state index is 0.114. The Morgan fingerprint density at radius 3 is 2.79 bits per heavy atom. The van der Waals surface area contributed by atoms with E-state index in [4.69, 9.17) is 9.47 Å². The minimum Gasteiger partial charge on any atom is -0.497 e. The van der Waals surface area contributed by atoms with Crippen LogP contribution in [-0.4, -0.2) is 45.5 Å². The van der Waals surface area contributed by atoms with Gasteiger partial charge in [-0.2, -0.15) is 4.31 Å². The van der Waals surface area contributed by atoms with Crippen molar-refractivity contribution in [3.8, 4) is 5.75 Å². The van der Waals surface area contributed by atoms with Gasteiger partial charge in [-0.15, -0.1) is 11.3 Å². The third kappa shape index (κ3) is 4.24. The van der Waals surface area contributed by atoms with Gasteiger partial charge in [-0.1, -0.05) is 18.2 Å². The Labute approximate surface area is 170 Å². The number of ether oxygens (including phenoxy) is 2. The number of esters is 1. The fourth-order valence-corrected chi connectivity index (χ4v) is 6.38. The molecule has 2 aromatic rings. The van der Waals surface area contributed by atoms with Crippen LogP contribution in [0.4, 0.5) is 0 Å². The zero-order valence-electron chi connectivity index (χ0n) is 16.1. The normalized spacial score (nSPS) is 20.6. The summed E-state index contributed by atoms with van der Waals surface area (Å²) >= 11 is 1.19. The summed E-state index contributed by atoms with van der Waals surface area (Å²) in [6.07, 6.45) is 1.59. The second-order valence-electron chi connectivity index (χ2n) is 6.90. The molecule has 152 valence electrons. The molecule has 0 amide bonds. The van der Waals surface area contributed by atoms with Gasteiger partial charge < -0.3 is 9.47 Å². The second kappa shape index (κ2) is 8.63. The first-order chi connectivity index (χ1) is 13.4. The smallest absolute Gasteiger partial charge is 0.313 e. The quantitative estimate of drug-likeness (QED) is 0.639. The molecule has 2 heterocycles. The predicted molar refractivity (Wildman–Crippen MR) is 108 cm³/mol. The summed E-state index contributed by atoms with van der Waals surface area (Å²) < 4.78 is 38.5. The first-order valence-electron chi connectivity index (χ1n) is 9.25. The van der Waals surface area contributed by atoms with Crippen LogP contribution in [0.3, 0.4) is 0 Å². The molecular formula is C20H25NO5S2. The topological polar surface area (TPSA) is 72.9 Å². The molecule has 0 unspecified atom stereocenters. The monoisotopic (exact) mass is 423 g/mol. The lowest BCUT2D eigenvalue weighted by atomic mass is 9.75. The van der Waals surface area contributed by atoms with Crippen molar-refractivity contribution >= 4 is 27.3 Å². The van der Waals surface area contributed by atoms with Gasteiger partial charge in [-0.3, -0.25) is 4.79 Å². The maximum atomic E-state index is 13.0. The van der Waals surface area contributed by atoms with Gasteiger partial charge in [-0.05, 0) is 55.3 Å². The van der Waals surface area contributed by atoms with Crippen molar-refractivity contribution in [1.29, 1.82) is 0 Å². The van der Waals surface area contributed by atoms with E-state index in [1.165, 1.54) is 15.6 Å². The van der Waals surface area contributed by atoms with Crippen molar-refractivity contribution in [3.63, 3.8) is 0 Å². The first kappa shape index (κ1) is 20.8. The van der Waals surface area contributed by atoms with Gasteiger partial charge in [0, 0.05) is 13.1 Å². The van der Waals surface area contributed by atoms with E-state index in [1.54, 1.807) is 31.5 Å². The number of piperidine rings is 1. The zero-order chi connectivity index (χ0) is 20.2. The summed E-state index contributed by atoms with van der Waals surface area (Å²) in [7, 11) is -2.03. The third-order valence-electron chi connectivity index (χ3n) is 5.02. The van der Waals surface area contributed by atoms with Crippen molar-refractivity contribution in [2.75, 3.05) is 26.8 Å². The second-order valence-corrected chi connectivity index (χ2v) is 10.0. The average Bonchev–Trinajstić information content (AvgIpc) is 3.24. The van der Waals surface area contributed by atoms with Crippen molar-refractivity contribution in [3.05, 3.63) is 47.3 Å². The molecular weight excluding hydrogens is 398 g/mol. The Kier molecular flexibility index (Phi) is 6.42. The highest BCUT2D eigenvalue weighted by molar-refractivity contribution is 7.91. The van der Waals surface area contributed by atoms with Crippen molar-refractivity contribution in [2.24, 2.45) is 5.41 Å². The lowest BCUT2D eigenvalue weighted by Crippen LogP contribution is -2.51. The summed E-state index contributed by atoms with van der Waals surface area (Å²) in [5, 5.41) is 1.74. The van der Waals surface area contributed by atoms with E-state index >= 15 is 0 Å². The van der Waals surface area contributed by atoms with E-state index in [9.17, 15) is 13.2 Å². The summed E-state index contributed by atoms with van der Waals surface area (Å²) in [6, 6.07) is 10.8. The zero-order valence-corrected chi connectivity index (χ0v) is 17.7. The summed E-state index contributed by atoms with van der Waals surface area (Å²) in [4.78, 5) is 13.0. The van der Waals surface area contributed by atoms with Crippen LogP contribution in [0.1, 0.15) is 25.3 Å². The van der Waals surface area contributed by atoms with Gasteiger partial charge >= 0.3 is 5.97 Å². The van der Waals surface area contributed by atoms with Crippen LogP contribution in [0.25, 0.3) is 0 Å². The molecule has 1 saturated heterocycles. The molecule has 0 radical (unpaired) electrons. The standard InChI is InChI=1S/C20H25NO5S2/c1-3-26-19(22)20(14-16-7-4-8-17(13-16)25-2)10-6-11-21(15-20)28(23,24)18-9-5-12-27-18/h4-5,7-9,12-13H,3,6,10-11,14-15H2,1-2H3/t20-/m0/s1. The molecule has 1 atom stereocenters. The van der Waals surface area contributed by atoms with Gasteiger partial charge in [0.2, 0.25) is 0 Å². The number of carbonyl (C=O) groups is 1. The van der Waals surface area contributed by atoms with Gasteiger partial charge in [0.1, 0.15) is 9.96 Å². The lowest BCUT2D eigenvalue weighted by molar-refractivity contribution is -0.157. The van der Waals surface area contributed by atoms with Crippen molar-refractivity contribution < 1.29 is 22.7 Å². The minimum atomic E-state index is -3.62. The van der Waals surface area contributed by atoms with Gasteiger partial charge in [0.25, 0.3) is 10.0 Å². The molecule has 3 rings (SSSR count). The number of thiophene rings is 1. The molecule has 0 saturated carbocycles. The molecule has 0 bridgehead atoms. The fourth-order valence-electron chi connectivity index (χ4n) is 3.67. The number of carbonyl (C=O) groups excluding carboxylic acids is 1. The molecule has 1 fully saturated rings. The highest BCUT2D eigenvalue weighted by atomic mass is 32.2. The number of methoxy groups -OCH3 is 1. The Balaban J connectivity index is 1.93. The number of sulfonamides is 1. The molecule has 28 heavy (non-hydrogen) atoms. The molecule has 6 nitrogen and oxygen atoms in total. The summed E-state index contributed by atoms with van der Waals surface area (Å²) in [5.41, 5.74) is 0.00748. The number of benzene rings is 1. The molecule has 0 aliphatic carbocycles. The van der Waals surface area contributed by atoms with Crippen LogP contribution in [0.5, 0.6) is 5.75 Å². The number of hydrogen-bond acceptors (Lipinski definition) is 6. The van der Waals surface area contributed by atoms with Crippen molar-refractivity contribution in [2.45, 2.75) is 30.4 Å². The third-order valence-corrected chi connectivity index (χ3v) is 8.23. The van der Waals surface area contributed by atoms with Crippen LogP contribution in [-0.2, 0) is 26.0 Å². The average molecular weight is 424 g/mol. The van der Waals surface area contributed by atoms with Crippen LogP contribution in [0.2, 0.25) is 0 Å². The molecule has 1 aromatic heterocycles. The Morgan fingerprint density at radius 1 is 1.29 bits per heavy atom. The summed E-state index contributed by atoms with van der Waals surface area (Å²) in [5.74, 6) is 0.360. The van der Waals surface area contributed by atoms with Crippen LogP contribution in [0, 0.1) is 5.41 Å². The van der Waals surface area contributed by atoms with Gasteiger partial charge in [0.15, 0.2) is 0 Å². The van der Waals surface area contributed by atoms with Crippen LogP contribution >= 0.6 is 11.3 Å². The Bertz CT molecular complexity index is 910. The SMILES string of the molecule is CCOC(=O)[C@]1(Cc2cccc(OC)c2)CCCN(S(=O)(=O)c2cccs2)C1. The van der Waals surface area contributed by atoms with Crippen LogP contribution in [0.15, 0.2) is 46.0 Å². The Morgan fingerprint density at radius 2 is 2.11 bits per heavy atom. The number of hydrogen-bond donors (Lipinski definition) is 0. The van der Waals surface area contributed by atoms with E-state index in [0.717, 1.165) is 5.56 Å². The fraction of sp³-hybridized carbons (Fsp3) is 0.450. The molecule has 0 spiro atoms. The maximum Gasteiger partial charge on any atom is 0.313 e. The number of rotatable bonds is 7. The van der Waals surface area contributed by atoms with Gasteiger partial charge in [0.05, 0.1) is 19.1 Å². The lowest BCUT2D eigenvalue weighted by Gasteiger charge is -2.40. The summed E-state index contributed by atoms with van der Waals surface area (Å²) in [6.45, 7) is 2.54. The van der Waals surface area contributed by atoms with E-state index in [-0.39, 0.29) is 19.1 Å². The van der Waals surface area contributed by atoms with Crippen LogP contribution < -0.4 is 4.74 Å². The maximum absolute atomic E-state index is 13.0. The van der Waals surface area contributed by atoms with E-state index in [2.05, 4.69) is 0 Å². The first-order valence-corrected chi connectivity index (χ1v) is 11.6. The molecule has 1 aliphatic rings. The van der Waals surface area contributed by atoms with Gasteiger partial charge in [-0.25, -0.2) is 8.42 Å². The van der Waals surface area contributed by atoms with E-state index < -0.39 is 15.4 Å². The molecule has 8 heteroatoms. The molecule has 1 aliphatic heterocycles. The number of nitrogens with zero attached hydrogens (tertiary/aromatic N) is 1. The van der Waals surface area contributed by atoms with Crippen molar-refractivity contribution in [1.82, 2.24) is 4.31 Å². The predicted octanol–water partition coefficient (Wildman–Crippen LogP) is 3.33. The molecule has 1 aromatic carbocycles. The highest BCUT2D eigenvalue weighted by Crippen LogP contribution is 2.38.